The van der Waals surface area contributed by atoms with Crippen molar-refractivity contribution in [2.45, 2.75) is 40.2 Å². The Morgan fingerprint density at radius 1 is 1.22 bits per heavy atom. The van der Waals surface area contributed by atoms with Gasteiger partial charge in [-0.05, 0) is 18.8 Å². The van der Waals surface area contributed by atoms with E-state index in [2.05, 4.69) is 20.8 Å². The Morgan fingerprint density at radius 3 is 1.78 bits per heavy atom. The quantitative estimate of drug-likeness (QED) is 0.620. The van der Waals surface area contributed by atoms with Gasteiger partial charge in [0.25, 0.3) is 0 Å². The molecule has 0 heterocycles. The van der Waals surface area contributed by atoms with Crippen LogP contribution in [-0.4, -0.2) is 11.2 Å². The van der Waals surface area contributed by atoms with E-state index in [9.17, 15) is 0 Å². The second-order valence-electron chi connectivity index (χ2n) is 2.99. The molecule has 0 aliphatic carbocycles. The lowest BCUT2D eigenvalue weighted by Crippen LogP contribution is -2.19. The largest absolute Gasteiger partial charge is 0.393 e. The number of hydrogen-bond acceptors (Lipinski definition) is 1. The first-order valence-corrected chi connectivity index (χ1v) is 3.77. The Hall–Kier alpha value is -0.0400. The van der Waals surface area contributed by atoms with Gasteiger partial charge >= 0.3 is 0 Å². The topological polar surface area (TPSA) is 20.2 Å². The van der Waals surface area contributed by atoms with Crippen molar-refractivity contribution in [2.24, 2.45) is 11.8 Å². The van der Waals surface area contributed by atoms with E-state index in [1.807, 2.05) is 6.92 Å². The Labute approximate surface area is 58.1 Å². The van der Waals surface area contributed by atoms with E-state index in [1.54, 1.807) is 0 Å². The van der Waals surface area contributed by atoms with Crippen LogP contribution in [0.5, 0.6) is 0 Å². The summed E-state index contributed by atoms with van der Waals surface area (Å²) in [6, 6.07) is 0. The van der Waals surface area contributed by atoms with Gasteiger partial charge in [0.05, 0.1) is 6.10 Å². The summed E-state index contributed by atoms with van der Waals surface area (Å²) in [6.45, 7) is 8.29. The average Bonchev–Trinajstić information content (AvgIpc) is 1.84. The van der Waals surface area contributed by atoms with Crippen molar-refractivity contribution in [1.82, 2.24) is 0 Å². The van der Waals surface area contributed by atoms with Crippen LogP contribution in [0.15, 0.2) is 0 Å². The molecule has 0 bridgehead atoms. The van der Waals surface area contributed by atoms with Crippen LogP contribution >= 0.6 is 0 Å². The normalized spacial score (nSPS) is 21.0. The molecule has 9 heavy (non-hydrogen) atoms. The molecule has 0 unspecified atom stereocenters. The van der Waals surface area contributed by atoms with Crippen LogP contribution in [0.25, 0.3) is 0 Å². The van der Waals surface area contributed by atoms with Gasteiger partial charge in [-0.25, -0.2) is 0 Å². The third kappa shape index (κ3) is 2.85. The maximum absolute atomic E-state index is 9.12. The fourth-order valence-electron chi connectivity index (χ4n) is 0.847. The monoisotopic (exact) mass is 130 g/mol. The van der Waals surface area contributed by atoms with Crippen LogP contribution in [-0.2, 0) is 0 Å². The lowest BCUT2D eigenvalue weighted by Gasteiger charge is -2.20. The van der Waals surface area contributed by atoms with Crippen molar-refractivity contribution in [3.8, 4) is 0 Å². The lowest BCUT2D eigenvalue weighted by atomic mass is 9.90. The number of rotatable bonds is 3. The molecule has 3 atom stereocenters. The summed E-state index contributed by atoms with van der Waals surface area (Å²) >= 11 is 0. The highest BCUT2D eigenvalue weighted by Gasteiger charge is 2.14. The zero-order valence-electron chi connectivity index (χ0n) is 6.89. The van der Waals surface area contributed by atoms with Gasteiger partial charge in [0.15, 0.2) is 0 Å². The van der Waals surface area contributed by atoms with Gasteiger partial charge in [0.1, 0.15) is 0 Å². The van der Waals surface area contributed by atoms with E-state index in [0.717, 1.165) is 6.42 Å². The summed E-state index contributed by atoms with van der Waals surface area (Å²) in [5, 5.41) is 9.12. The van der Waals surface area contributed by atoms with Crippen molar-refractivity contribution < 1.29 is 5.11 Å². The highest BCUT2D eigenvalue weighted by Crippen LogP contribution is 2.17. The summed E-state index contributed by atoms with van der Waals surface area (Å²) in [4.78, 5) is 0. The number of aliphatic hydroxyl groups is 1. The summed E-state index contributed by atoms with van der Waals surface area (Å²) < 4.78 is 0. The van der Waals surface area contributed by atoms with Gasteiger partial charge in [0.2, 0.25) is 0 Å². The molecule has 0 radical (unpaired) electrons. The zero-order valence-corrected chi connectivity index (χ0v) is 6.89. The van der Waals surface area contributed by atoms with Gasteiger partial charge in [0, 0.05) is 0 Å². The van der Waals surface area contributed by atoms with Crippen molar-refractivity contribution in [1.29, 1.82) is 0 Å². The molecule has 0 saturated heterocycles. The lowest BCUT2D eigenvalue weighted by molar-refractivity contribution is 0.102. The first-order chi connectivity index (χ1) is 4.09. The molecule has 1 nitrogen and oxygen atoms in total. The molecule has 0 rings (SSSR count). The predicted octanol–water partition coefficient (Wildman–Crippen LogP) is 2.05. The fraction of sp³-hybridized carbons (Fsp3) is 1.00. The smallest absolute Gasteiger partial charge is 0.0540 e. The Balaban J connectivity index is 3.58. The molecule has 0 aromatic rings. The maximum Gasteiger partial charge on any atom is 0.0540 e. The number of hydrogen-bond donors (Lipinski definition) is 1. The van der Waals surface area contributed by atoms with E-state index >= 15 is 0 Å². The first-order valence-electron chi connectivity index (χ1n) is 3.77. The third-order valence-corrected chi connectivity index (χ3v) is 2.30. The summed E-state index contributed by atoms with van der Waals surface area (Å²) in [7, 11) is 0. The molecule has 1 N–H and O–H groups in total. The van der Waals surface area contributed by atoms with Crippen molar-refractivity contribution >= 4 is 0 Å². The second-order valence-corrected chi connectivity index (χ2v) is 2.99. The Morgan fingerprint density at radius 2 is 1.67 bits per heavy atom. The molecular formula is C8H18O. The van der Waals surface area contributed by atoms with Gasteiger partial charge < -0.3 is 5.11 Å². The Bertz CT molecular complexity index is 69.0. The van der Waals surface area contributed by atoms with Crippen LogP contribution in [0.4, 0.5) is 0 Å². The van der Waals surface area contributed by atoms with Crippen molar-refractivity contribution in [3.05, 3.63) is 0 Å². The highest BCUT2D eigenvalue weighted by atomic mass is 16.3. The zero-order chi connectivity index (χ0) is 7.44. The standard InChI is InChI=1S/C8H18O/c1-5-6(2)7(3)8(4)9/h6-9H,5H2,1-4H3/t6-,7+,8-/m1/s1. The number of aliphatic hydroxyl groups excluding tert-OH is 1. The maximum atomic E-state index is 9.12. The molecule has 56 valence electrons. The first kappa shape index (κ1) is 8.96. The van der Waals surface area contributed by atoms with Crippen molar-refractivity contribution in [2.75, 3.05) is 0 Å². The van der Waals surface area contributed by atoms with Crippen LogP contribution in [0.2, 0.25) is 0 Å². The van der Waals surface area contributed by atoms with E-state index < -0.39 is 0 Å². The van der Waals surface area contributed by atoms with E-state index in [0.29, 0.717) is 11.8 Å². The highest BCUT2D eigenvalue weighted by molar-refractivity contribution is 4.64. The average molecular weight is 130 g/mol. The molecule has 1 heteroatoms. The minimum absolute atomic E-state index is 0.153. The van der Waals surface area contributed by atoms with E-state index in [4.69, 9.17) is 5.11 Å². The van der Waals surface area contributed by atoms with E-state index in [-0.39, 0.29) is 6.10 Å². The summed E-state index contributed by atoms with van der Waals surface area (Å²) in [5.41, 5.74) is 0. The predicted molar refractivity (Wildman–Crippen MR) is 40.3 cm³/mol. The molecule has 0 fully saturated rings. The van der Waals surface area contributed by atoms with Gasteiger partial charge in [-0.3, -0.25) is 0 Å². The van der Waals surface area contributed by atoms with E-state index in [1.165, 1.54) is 0 Å². The van der Waals surface area contributed by atoms with Crippen LogP contribution in [0.3, 0.4) is 0 Å². The molecule has 0 aromatic carbocycles. The summed E-state index contributed by atoms with van der Waals surface area (Å²) in [6.07, 6.45) is 1.01. The molecule has 0 aromatic heterocycles. The van der Waals surface area contributed by atoms with Crippen LogP contribution in [0, 0.1) is 11.8 Å². The molecular weight excluding hydrogens is 112 g/mol. The van der Waals surface area contributed by atoms with Gasteiger partial charge in [-0.2, -0.15) is 0 Å². The molecule has 0 amide bonds. The summed E-state index contributed by atoms with van der Waals surface area (Å²) in [5.74, 6) is 1.08. The molecule has 0 aliphatic rings. The third-order valence-electron chi connectivity index (χ3n) is 2.30. The fourth-order valence-corrected chi connectivity index (χ4v) is 0.847. The minimum atomic E-state index is -0.153. The molecule has 0 aliphatic heterocycles. The van der Waals surface area contributed by atoms with Crippen LogP contribution < -0.4 is 0 Å². The van der Waals surface area contributed by atoms with Gasteiger partial charge in [-0.1, -0.05) is 27.2 Å². The van der Waals surface area contributed by atoms with Crippen LogP contribution in [0.1, 0.15) is 34.1 Å². The second kappa shape index (κ2) is 3.89. The van der Waals surface area contributed by atoms with Crippen molar-refractivity contribution in [3.63, 3.8) is 0 Å². The Kier molecular flexibility index (Phi) is 3.87. The minimum Gasteiger partial charge on any atom is -0.393 e. The molecule has 0 spiro atoms. The van der Waals surface area contributed by atoms with Gasteiger partial charge in [-0.15, -0.1) is 0 Å². The molecule has 0 saturated carbocycles. The SMILES string of the molecule is CC[C@@H](C)[C@H](C)[C@@H](C)O.